The van der Waals surface area contributed by atoms with Crippen molar-refractivity contribution in [2.75, 3.05) is 0 Å². The van der Waals surface area contributed by atoms with Gasteiger partial charge in [0, 0.05) is 18.3 Å². The van der Waals surface area contributed by atoms with Crippen molar-refractivity contribution in [3.8, 4) is 0 Å². The summed E-state index contributed by atoms with van der Waals surface area (Å²) in [6, 6.07) is 0. The quantitative estimate of drug-likeness (QED) is 0.783. The highest BCUT2D eigenvalue weighted by molar-refractivity contribution is 5.88. The van der Waals surface area contributed by atoms with Gasteiger partial charge in [0.15, 0.2) is 0 Å². The Balaban J connectivity index is 2.02. The van der Waals surface area contributed by atoms with Crippen molar-refractivity contribution in [2.45, 2.75) is 58.8 Å². The number of ketones is 1. The lowest BCUT2D eigenvalue weighted by atomic mass is 9.45. The van der Waals surface area contributed by atoms with Crippen LogP contribution in [0.1, 0.15) is 58.8 Å². The summed E-state index contributed by atoms with van der Waals surface area (Å²) in [7, 11) is 0. The zero-order valence-electron chi connectivity index (χ0n) is 14.4. The predicted molar refractivity (Wildman–Crippen MR) is 89.9 cm³/mol. The molecule has 0 unspecified atom stereocenters. The molecule has 1 spiro atoms. The second-order valence-corrected chi connectivity index (χ2v) is 8.45. The molecular formula is C20H28O3. The highest BCUT2D eigenvalue weighted by Gasteiger charge is 2.63. The van der Waals surface area contributed by atoms with E-state index in [2.05, 4.69) is 20.1 Å². The van der Waals surface area contributed by atoms with Crippen LogP contribution in [-0.2, 0) is 9.59 Å². The second kappa shape index (κ2) is 5.32. The van der Waals surface area contributed by atoms with Crippen LogP contribution >= 0.6 is 0 Å². The van der Waals surface area contributed by atoms with E-state index in [0.717, 1.165) is 31.3 Å². The summed E-state index contributed by atoms with van der Waals surface area (Å²) >= 11 is 0. The first-order chi connectivity index (χ1) is 10.7. The molecule has 0 aromatic rings. The van der Waals surface area contributed by atoms with Crippen LogP contribution < -0.4 is 0 Å². The van der Waals surface area contributed by atoms with E-state index < -0.39 is 5.97 Å². The van der Waals surface area contributed by atoms with Gasteiger partial charge in [0.2, 0.25) is 0 Å². The molecule has 0 heterocycles. The Labute approximate surface area is 138 Å². The van der Waals surface area contributed by atoms with Crippen LogP contribution in [0.5, 0.6) is 0 Å². The van der Waals surface area contributed by atoms with Gasteiger partial charge in [-0.15, -0.1) is 0 Å². The van der Waals surface area contributed by atoms with Gasteiger partial charge in [0.05, 0.1) is 0 Å². The number of rotatable bonds is 4. The fraction of sp³-hybridized carbons (Fsp3) is 0.700. The van der Waals surface area contributed by atoms with E-state index in [1.165, 1.54) is 5.57 Å². The molecule has 0 aromatic heterocycles. The van der Waals surface area contributed by atoms with E-state index in [9.17, 15) is 14.7 Å². The molecule has 23 heavy (non-hydrogen) atoms. The van der Waals surface area contributed by atoms with Crippen molar-refractivity contribution in [3.63, 3.8) is 0 Å². The zero-order valence-corrected chi connectivity index (χ0v) is 14.4. The van der Waals surface area contributed by atoms with Gasteiger partial charge in [-0.1, -0.05) is 31.2 Å². The Morgan fingerprint density at radius 1 is 1.39 bits per heavy atom. The zero-order chi connectivity index (χ0) is 17.0. The van der Waals surface area contributed by atoms with E-state index in [4.69, 9.17) is 0 Å². The molecule has 0 aromatic carbocycles. The molecule has 3 aliphatic rings. The molecule has 3 saturated carbocycles. The van der Waals surface area contributed by atoms with Crippen LogP contribution in [0.4, 0.5) is 0 Å². The maximum atomic E-state index is 13.1. The normalized spacial score (nSPS) is 42.4. The Morgan fingerprint density at radius 2 is 2.09 bits per heavy atom. The minimum absolute atomic E-state index is 0.107. The lowest BCUT2D eigenvalue weighted by Gasteiger charge is -2.57. The molecular weight excluding hydrogens is 288 g/mol. The molecule has 3 aliphatic carbocycles. The van der Waals surface area contributed by atoms with Crippen molar-refractivity contribution < 1.29 is 14.7 Å². The van der Waals surface area contributed by atoms with E-state index in [1.807, 2.05) is 6.92 Å². The first kappa shape index (κ1) is 16.5. The van der Waals surface area contributed by atoms with E-state index in [0.29, 0.717) is 24.5 Å². The summed E-state index contributed by atoms with van der Waals surface area (Å²) in [5.74, 6) is 0.511. The number of fused-ring (bicyclic) bond motifs is 1. The van der Waals surface area contributed by atoms with Crippen LogP contribution in [-0.4, -0.2) is 16.9 Å². The lowest BCUT2D eigenvalue weighted by molar-refractivity contribution is -0.153. The third-order valence-corrected chi connectivity index (χ3v) is 7.21. The van der Waals surface area contributed by atoms with Crippen molar-refractivity contribution >= 4 is 11.8 Å². The van der Waals surface area contributed by atoms with Crippen LogP contribution in [0.25, 0.3) is 0 Å². The molecule has 3 heteroatoms. The number of hydrogen-bond donors (Lipinski definition) is 1. The van der Waals surface area contributed by atoms with Gasteiger partial charge in [-0.25, -0.2) is 0 Å². The van der Waals surface area contributed by atoms with Crippen LogP contribution in [0.2, 0.25) is 0 Å². The highest BCUT2D eigenvalue weighted by Crippen LogP contribution is 2.67. The number of carbonyl (C=O) groups is 2. The van der Waals surface area contributed by atoms with Crippen molar-refractivity contribution in [2.24, 2.45) is 28.6 Å². The Kier molecular flexibility index (Phi) is 3.81. The molecule has 126 valence electrons. The van der Waals surface area contributed by atoms with Crippen LogP contribution in [0, 0.1) is 28.6 Å². The third kappa shape index (κ3) is 2.31. The molecule has 3 nitrogen and oxygen atoms in total. The number of carboxylic acid groups (broad SMARTS) is 1. The third-order valence-electron chi connectivity index (χ3n) is 7.21. The topological polar surface area (TPSA) is 54.4 Å². The van der Waals surface area contributed by atoms with Gasteiger partial charge in [0.1, 0.15) is 5.78 Å². The average molecular weight is 316 g/mol. The number of carboxylic acids is 1. The molecule has 0 aliphatic heterocycles. The van der Waals surface area contributed by atoms with Gasteiger partial charge in [-0.2, -0.15) is 0 Å². The van der Waals surface area contributed by atoms with Crippen molar-refractivity contribution in [1.29, 1.82) is 0 Å². The first-order valence-electron chi connectivity index (χ1n) is 8.79. The Hall–Kier alpha value is -1.38. The van der Waals surface area contributed by atoms with Gasteiger partial charge in [-0.05, 0) is 62.2 Å². The highest BCUT2D eigenvalue weighted by atomic mass is 16.4. The predicted octanol–water partition coefficient (Wildman–Crippen LogP) is 4.39. The first-order valence-corrected chi connectivity index (χ1v) is 8.79. The molecule has 1 N–H and O–H groups in total. The van der Waals surface area contributed by atoms with Gasteiger partial charge in [0.25, 0.3) is 0 Å². The summed E-state index contributed by atoms with van der Waals surface area (Å²) < 4.78 is 0. The average Bonchev–Trinajstić information content (AvgIpc) is 2.72. The molecule has 0 amide bonds. The molecule has 5 atom stereocenters. The molecule has 3 fully saturated rings. The Bertz CT molecular complexity index is 590. The van der Waals surface area contributed by atoms with Gasteiger partial charge >= 0.3 is 5.97 Å². The fourth-order valence-corrected chi connectivity index (χ4v) is 6.12. The van der Waals surface area contributed by atoms with Gasteiger partial charge < -0.3 is 5.11 Å². The van der Waals surface area contributed by atoms with Crippen LogP contribution in [0.3, 0.4) is 0 Å². The maximum Gasteiger partial charge on any atom is 0.303 e. The summed E-state index contributed by atoms with van der Waals surface area (Å²) in [6.07, 6.45) is 5.23. The Morgan fingerprint density at radius 3 is 2.70 bits per heavy atom. The number of hydrogen-bond acceptors (Lipinski definition) is 2. The molecule has 0 saturated heterocycles. The molecule has 2 bridgehead atoms. The van der Waals surface area contributed by atoms with Crippen LogP contribution in [0.15, 0.2) is 24.3 Å². The number of Topliss-reactive ketones (excluding diaryl/α,β-unsaturated/α-hetero) is 1. The second-order valence-electron chi connectivity index (χ2n) is 8.45. The monoisotopic (exact) mass is 316 g/mol. The van der Waals surface area contributed by atoms with E-state index in [1.54, 1.807) is 0 Å². The SMILES string of the molecule is C=C1C[C@]23C[C@H]1CC[C@H]2[C@](C)(CCC(=O)O)[C@@H](C(=C)C)CC3=O. The van der Waals surface area contributed by atoms with E-state index in [-0.39, 0.29) is 29.1 Å². The molecule has 0 radical (unpaired) electrons. The summed E-state index contributed by atoms with van der Waals surface area (Å²) in [6.45, 7) is 12.6. The minimum Gasteiger partial charge on any atom is -0.481 e. The largest absolute Gasteiger partial charge is 0.481 e. The maximum absolute atomic E-state index is 13.1. The summed E-state index contributed by atoms with van der Waals surface area (Å²) in [5.41, 5.74) is 1.86. The van der Waals surface area contributed by atoms with Crippen molar-refractivity contribution in [3.05, 3.63) is 24.3 Å². The number of aliphatic carboxylic acids is 1. The van der Waals surface area contributed by atoms with Gasteiger partial charge in [-0.3, -0.25) is 9.59 Å². The number of allylic oxidation sites excluding steroid dienone is 2. The minimum atomic E-state index is -0.748. The summed E-state index contributed by atoms with van der Waals surface area (Å²) in [5, 5.41) is 9.20. The van der Waals surface area contributed by atoms with Crippen molar-refractivity contribution in [1.82, 2.24) is 0 Å². The standard InChI is InChI=1S/C20H28O3/c1-12(2)15-9-17(21)20-10-13(3)14(11-20)5-6-16(20)19(15,4)8-7-18(22)23/h14-16H,1,3,5-11H2,2,4H3,(H,22,23)/t14-,15-,16+,19-,20+/m1/s1. The fourth-order valence-electron chi connectivity index (χ4n) is 6.12. The lowest BCUT2D eigenvalue weighted by Crippen LogP contribution is -2.55. The molecule has 3 rings (SSSR count). The van der Waals surface area contributed by atoms with E-state index >= 15 is 0 Å². The number of carbonyl (C=O) groups excluding carboxylic acids is 1. The smallest absolute Gasteiger partial charge is 0.303 e. The summed E-state index contributed by atoms with van der Waals surface area (Å²) in [4.78, 5) is 24.3.